The van der Waals surface area contributed by atoms with Crippen LogP contribution in [-0.4, -0.2) is 14.8 Å². The highest BCUT2D eigenvalue weighted by Crippen LogP contribution is 2.36. The van der Waals surface area contributed by atoms with Gasteiger partial charge in [-0.15, -0.1) is 0 Å². The Bertz CT molecular complexity index is 934. The van der Waals surface area contributed by atoms with Gasteiger partial charge in [0.15, 0.2) is 0 Å². The standard InChI is InChI=1S/C17H11BrCl2N4/c18-11-3-1-10(2-4-11)15-8-16(24-17(23-15)21-9-22-24)13-6-5-12(19)7-14(13)20/h1-9,16H,(H,21,22,23)/t16-/m1/s1. The fourth-order valence-corrected chi connectivity index (χ4v) is 3.48. The van der Waals surface area contributed by atoms with E-state index < -0.39 is 0 Å². The van der Waals surface area contributed by atoms with Crippen LogP contribution in [0.4, 0.5) is 5.95 Å². The molecule has 1 aliphatic rings. The van der Waals surface area contributed by atoms with Gasteiger partial charge in [0, 0.05) is 20.2 Å². The molecule has 0 saturated heterocycles. The molecular weight excluding hydrogens is 411 g/mol. The third kappa shape index (κ3) is 2.83. The molecule has 4 rings (SSSR count). The molecule has 24 heavy (non-hydrogen) atoms. The maximum atomic E-state index is 6.41. The minimum Gasteiger partial charge on any atom is -0.324 e. The van der Waals surface area contributed by atoms with Gasteiger partial charge in [-0.25, -0.2) is 4.68 Å². The molecule has 1 N–H and O–H groups in total. The van der Waals surface area contributed by atoms with Crippen molar-refractivity contribution in [3.8, 4) is 0 Å². The van der Waals surface area contributed by atoms with Crippen LogP contribution in [0.25, 0.3) is 5.70 Å². The number of aromatic nitrogens is 3. The molecule has 1 aliphatic heterocycles. The highest BCUT2D eigenvalue weighted by atomic mass is 79.9. The third-order valence-corrected chi connectivity index (χ3v) is 4.94. The summed E-state index contributed by atoms with van der Waals surface area (Å²) in [6.45, 7) is 0. The number of rotatable bonds is 2. The van der Waals surface area contributed by atoms with Gasteiger partial charge in [0.1, 0.15) is 12.4 Å². The van der Waals surface area contributed by atoms with Gasteiger partial charge in [-0.1, -0.05) is 57.3 Å². The fourth-order valence-electron chi connectivity index (χ4n) is 2.69. The highest BCUT2D eigenvalue weighted by molar-refractivity contribution is 9.10. The van der Waals surface area contributed by atoms with E-state index in [2.05, 4.69) is 37.4 Å². The second kappa shape index (κ2) is 6.24. The van der Waals surface area contributed by atoms with Gasteiger partial charge in [-0.2, -0.15) is 10.1 Å². The molecule has 2 aromatic carbocycles. The average Bonchev–Trinajstić information content (AvgIpc) is 3.03. The Labute approximate surface area is 157 Å². The van der Waals surface area contributed by atoms with Crippen molar-refractivity contribution in [3.05, 3.63) is 80.5 Å². The van der Waals surface area contributed by atoms with Crippen LogP contribution < -0.4 is 5.32 Å². The summed E-state index contributed by atoms with van der Waals surface area (Å²) in [5, 5.41) is 8.83. The number of allylic oxidation sites excluding steroid dienone is 1. The summed E-state index contributed by atoms with van der Waals surface area (Å²) < 4.78 is 2.83. The van der Waals surface area contributed by atoms with Crippen molar-refractivity contribution in [2.75, 3.05) is 5.32 Å². The molecule has 0 radical (unpaired) electrons. The van der Waals surface area contributed by atoms with Crippen LogP contribution in [0, 0.1) is 0 Å². The van der Waals surface area contributed by atoms with E-state index in [1.54, 1.807) is 10.7 Å². The summed E-state index contributed by atoms with van der Waals surface area (Å²) >= 11 is 15.9. The largest absolute Gasteiger partial charge is 0.324 e. The second-order valence-corrected chi connectivity index (χ2v) is 7.11. The minimum atomic E-state index is -0.160. The Morgan fingerprint density at radius 2 is 1.88 bits per heavy atom. The number of hydrogen-bond acceptors (Lipinski definition) is 3. The number of fused-ring (bicyclic) bond motifs is 1. The van der Waals surface area contributed by atoms with Crippen LogP contribution in [0.2, 0.25) is 10.0 Å². The number of anilines is 1. The van der Waals surface area contributed by atoms with Crippen LogP contribution in [0.5, 0.6) is 0 Å². The van der Waals surface area contributed by atoms with E-state index in [1.165, 1.54) is 6.33 Å². The van der Waals surface area contributed by atoms with Crippen molar-refractivity contribution in [1.82, 2.24) is 14.8 Å². The molecule has 0 spiro atoms. The molecule has 1 atom stereocenters. The monoisotopic (exact) mass is 420 g/mol. The zero-order valence-corrected chi connectivity index (χ0v) is 15.3. The van der Waals surface area contributed by atoms with Crippen molar-refractivity contribution >= 4 is 50.8 Å². The first-order valence-corrected chi connectivity index (χ1v) is 8.76. The molecule has 0 unspecified atom stereocenters. The van der Waals surface area contributed by atoms with E-state index in [0.717, 1.165) is 21.3 Å². The lowest BCUT2D eigenvalue weighted by molar-refractivity contribution is 0.612. The number of nitrogens with one attached hydrogen (secondary N) is 1. The van der Waals surface area contributed by atoms with Crippen molar-refractivity contribution < 1.29 is 0 Å². The van der Waals surface area contributed by atoms with Crippen LogP contribution in [0.1, 0.15) is 17.2 Å². The topological polar surface area (TPSA) is 42.7 Å². The molecular formula is C17H11BrCl2N4. The normalized spacial score (nSPS) is 16.3. The van der Waals surface area contributed by atoms with Crippen LogP contribution >= 0.6 is 39.1 Å². The number of hydrogen-bond donors (Lipinski definition) is 1. The van der Waals surface area contributed by atoms with Gasteiger partial charge in [-0.05, 0) is 41.5 Å². The van der Waals surface area contributed by atoms with Gasteiger partial charge >= 0.3 is 0 Å². The van der Waals surface area contributed by atoms with Gasteiger partial charge in [0.2, 0.25) is 5.95 Å². The minimum absolute atomic E-state index is 0.160. The molecule has 7 heteroatoms. The molecule has 120 valence electrons. The zero-order chi connectivity index (χ0) is 16.7. The first-order chi connectivity index (χ1) is 11.6. The van der Waals surface area contributed by atoms with Crippen molar-refractivity contribution in [2.45, 2.75) is 6.04 Å². The molecule has 2 heterocycles. The lowest BCUT2D eigenvalue weighted by Crippen LogP contribution is -2.20. The van der Waals surface area contributed by atoms with Crippen molar-refractivity contribution in [2.24, 2.45) is 0 Å². The average molecular weight is 422 g/mol. The van der Waals surface area contributed by atoms with Crippen LogP contribution in [0.3, 0.4) is 0 Å². The van der Waals surface area contributed by atoms with Crippen LogP contribution in [0.15, 0.2) is 59.3 Å². The zero-order valence-electron chi connectivity index (χ0n) is 12.2. The molecule has 0 fully saturated rings. The molecule has 0 bridgehead atoms. The van der Waals surface area contributed by atoms with E-state index in [4.69, 9.17) is 23.2 Å². The Hall–Kier alpha value is -1.82. The van der Waals surface area contributed by atoms with E-state index in [-0.39, 0.29) is 6.04 Å². The number of benzene rings is 2. The SMILES string of the molecule is Clc1ccc([C@H]2C=C(c3ccc(Br)cc3)Nc3ncnn32)c(Cl)c1. The Morgan fingerprint density at radius 3 is 2.62 bits per heavy atom. The van der Waals surface area contributed by atoms with Gasteiger partial charge in [-0.3, -0.25) is 0 Å². The smallest absolute Gasteiger partial charge is 0.226 e. The van der Waals surface area contributed by atoms with Crippen molar-refractivity contribution in [3.63, 3.8) is 0 Å². The summed E-state index contributed by atoms with van der Waals surface area (Å²) in [7, 11) is 0. The molecule has 0 amide bonds. The van der Waals surface area contributed by atoms with Crippen molar-refractivity contribution in [1.29, 1.82) is 0 Å². The van der Waals surface area contributed by atoms with E-state index >= 15 is 0 Å². The van der Waals surface area contributed by atoms with Gasteiger partial charge in [0.05, 0.1) is 0 Å². The predicted octanol–water partition coefficient (Wildman–Crippen LogP) is 5.40. The molecule has 1 aromatic heterocycles. The Kier molecular flexibility index (Phi) is 4.08. The second-order valence-electron chi connectivity index (χ2n) is 5.35. The summed E-state index contributed by atoms with van der Waals surface area (Å²) in [5.74, 6) is 0.673. The molecule has 3 aromatic rings. The molecule has 4 nitrogen and oxygen atoms in total. The summed E-state index contributed by atoms with van der Waals surface area (Å²) in [4.78, 5) is 4.29. The third-order valence-electron chi connectivity index (χ3n) is 3.84. The Morgan fingerprint density at radius 1 is 1.08 bits per heavy atom. The highest BCUT2D eigenvalue weighted by Gasteiger charge is 2.25. The predicted molar refractivity (Wildman–Crippen MR) is 100 cm³/mol. The number of nitrogens with zero attached hydrogens (tertiary/aromatic N) is 3. The molecule has 0 aliphatic carbocycles. The maximum absolute atomic E-state index is 6.41. The molecule has 0 saturated carbocycles. The lowest BCUT2D eigenvalue weighted by atomic mass is 10.0. The fraction of sp³-hybridized carbons (Fsp3) is 0.0588. The van der Waals surface area contributed by atoms with Gasteiger partial charge in [0.25, 0.3) is 0 Å². The van der Waals surface area contributed by atoms with E-state index in [1.807, 2.05) is 36.4 Å². The van der Waals surface area contributed by atoms with E-state index in [9.17, 15) is 0 Å². The first-order valence-electron chi connectivity index (χ1n) is 7.21. The number of halogens is 3. The summed E-state index contributed by atoms with van der Waals surface area (Å²) in [5.41, 5.74) is 2.94. The van der Waals surface area contributed by atoms with E-state index in [0.29, 0.717) is 16.0 Å². The van der Waals surface area contributed by atoms with Gasteiger partial charge < -0.3 is 5.32 Å². The first kappa shape index (κ1) is 15.7. The summed E-state index contributed by atoms with van der Waals surface area (Å²) in [6.07, 6.45) is 3.61. The lowest BCUT2D eigenvalue weighted by Gasteiger charge is -2.25. The van der Waals surface area contributed by atoms with Crippen LogP contribution in [-0.2, 0) is 0 Å². The maximum Gasteiger partial charge on any atom is 0.226 e. The quantitative estimate of drug-likeness (QED) is 0.602. The Balaban J connectivity index is 1.83. The summed E-state index contributed by atoms with van der Waals surface area (Å²) in [6, 6.07) is 13.4.